The van der Waals surface area contributed by atoms with E-state index in [-0.39, 0.29) is 23.7 Å². The van der Waals surface area contributed by atoms with Crippen LogP contribution in [0.4, 0.5) is 13.2 Å². The number of benzene rings is 1. The normalized spacial score (nSPS) is 20.1. The van der Waals surface area contributed by atoms with Gasteiger partial charge < -0.3 is 15.2 Å². The number of carbonyl (C=O) groups excluding carboxylic acids is 1. The number of aliphatic carboxylic acids is 1. The van der Waals surface area contributed by atoms with Crippen molar-refractivity contribution in [3.63, 3.8) is 0 Å². The van der Waals surface area contributed by atoms with Crippen LogP contribution in [0.2, 0.25) is 0 Å². The Morgan fingerprint density at radius 3 is 2.29 bits per heavy atom. The lowest BCUT2D eigenvalue weighted by molar-refractivity contribution is -0.274. The molecule has 1 saturated carbocycles. The monoisotopic (exact) mass is 345 g/mol. The van der Waals surface area contributed by atoms with Gasteiger partial charge in [0.1, 0.15) is 5.75 Å². The number of halogens is 3. The average molecular weight is 345 g/mol. The second-order valence-electron chi connectivity index (χ2n) is 6.52. The first-order valence-corrected chi connectivity index (χ1v) is 7.36. The molecule has 0 radical (unpaired) electrons. The van der Waals surface area contributed by atoms with Gasteiger partial charge in [-0.05, 0) is 29.5 Å². The number of rotatable bonds is 6. The number of ether oxygens (including phenoxy) is 1. The topological polar surface area (TPSA) is 75.6 Å². The lowest BCUT2D eigenvalue weighted by atomic mass is 10.0. The zero-order valence-corrected chi connectivity index (χ0v) is 13.2. The van der Waals surface area contributed by atoms with E-state index in [2.05, 4.69) is 10.1 Å². The summed E-state index contributed by atoms with van der Waals surface area (Å²) in [4.78, 5) is 23.2. The number of hydrogen-bond donors (Lipinski definition) is 2. The summed E-state index contributed by atoms with van der Waals surface area (Å²) in [5, 5.41) is 11.7. The first kappa shape index (κ1) is 18.1. The molecule has 2 unspecified atom stereocenters. The predicted molar refractivity (Wildman–Crippen MR) is 78.1 cm³/mol. The number of hydrogen-bond acceptors (Lipinski definition) is 3. The van der Waals surface area contributed by atoms with E-state index in [9.17, 15) is 22.8 Å². The van der Waals surface area contributed by atoms with Crippen LogP contribution in [0.1, 0.15) is 38.3 Å². The summed E-state index contributed by atoms with van der Waals surface area (Å²) in [6, 6.07) is 3.99. The van der Waals surface area contributed by atoms with Crippen LogP contribution in [-0.2, 0) is 9.59 Å². The molecule has 1 aromatic carbocycles. The molecule has 1 aliphatic carbocycles. The molecule has 0 spiro atoms. The van der Waals surface area contributed by atoms with Crippen LogP contribution < -0.4 is 10.1 Å². The molecule has 0 aliphatic heterocycles. The highest BCUT2D eigenvalue weighted by molar-refractivity contribution is 5.83. The van der Waals surface area contributed by atoms with Crippen molar-refractivity contribution in [1.82, 2.24) is 5.32 Å². The minimum atomic E-state index is -4.80. The lowest BCUT2D eigenvalue weighted by Gasteiger charge is -2.18. The van der Waals surface area contributed by atoms with Crippen molar-refractivity contribution in [1.29, 1.82) is 0 Å². The van der Waals surface area contributed by atoms with Gasteiger partial charge in [-0.3, -0.25) is 9.59 Å². The largest absolute Gasteiger partial charge is 0.573 e. The molecule has 0 saturated heterocycles. The van der Waals surface area contributed by atoms with E-state index in [1.165, 1.54) is 12.1 Å². The number of nitrogens with one attached hydrogen (secondary N) is 1. The molecule has 5 nitrogen and oxygen atoms in total. The van der Waals surface area contributed by atoms with Gasteiger partial charge in [0, 0.05) is 5.92 Å². The minimum absolute atomic E-state index is 0.109. The van der Waals surface area contributed by atoms with Gasteiger partial charge in [0.05, 0.1) is 12.5 Å². The quantitative estimate of drug-likeness (QED) is 0.830. The van der Waals surface area contributed by atoms with Gasteiger partial charge >= 0.3 is 12.3 Å². The first-order chi connectivity index (χ1) is 11.0. The van der Waals surface area contributed by atoms with Gasteiger partial charge in [-0.15, -0.1) is 13.2 Å². The molecule has 24 heavy (non-hydrogen) atoms. The van der Waals surface area contributed by atoms with Gasteiger partial charge in [-0.1, -0.05) is 26.0 Å². The van der Waals surface area contributed by atoms with E-state index in [0.29, 0.717) is 5.56 Å². The van der Waals surface area contributed by atoms with Crippen molar-refractivity contribution in [3.8, 4) is 5.75 Å². The second-order valence-corrected chi connectivity index (χ2v) is 6.52. The fraction of sp³-hybridized carbons (Fsp3) is 0.500. The number of carboxylic acid groups (broad SMARTS) is 1. The van der Waals surface area contributed by atoms with Crippen molar-refractivity contribution >= 4 is 11.9 Å². The Bertz CT molecular complexity index is 625. The van der Waals surface area contributed by atoms with Crippen LogP contribution >= 0.6 is 0 Å². The first-order valence-electron chi connectivity index (χ1n) is 7.36. The molecule has 2 N–H and O–H groups in total. The van der Waals surface area contributed by atoms with E-state index >= 15 is 0 Å². The molecule has 1 aliphatic rings. The second kappa shape index (κ2) is 6.33. The predicted octanol–water partition coefficient (Wildman–Crippen LogP) is 3.26. The van der Waals surface area contributed by atoms with Crippen molar-refractivity contribution in [3.05, 3.63) is 29.8 Å². The average Bonchev–Trinajstić information content (AvgIpc) is 3.06. The summed E-state index contributed by atoms with van der Waals surface area (Å²) in [6.45, 7) is 3.87. The molecule has 1 fully saturated rings. The fourth-order valence-corrected chi connectivity index (χ4v) is 2.52. The summed E-state index contributed by atoms with van der Waals surface area (Å²) in [5.41, 5.74) is 0.293. The molecule has 1 aromatic rings. The van der Waals surface area contributed by atoms with Crippen LogP contribution in [0.3, 0.4) is 0 Å². The standard InChI is InChI=1S/C16H18F3NO4/c1-15(2)8-11(15)14(23)20-12(7-13(21)22)9-3-5-10(6-4-9)24-16(17,18)19/h3-6,11-12H,7-8H2,1-2H3,(H,20,23)(H,21,22). The Kier molecular flexibility index (Phi) is 4.77. The maximum Gasteiger partial charge on any atom is 0.573 e. The highest BCUT2D eigenvalue weighted by atomic mass is 19.4. The molecular formula is C16H18F3NO4. The Morgan fingerprint density at radius 2 is 1.88 bits per heavy atom. The van der Waals surface area contributed by atoms with Crippen LogP contribution in [0.15, 0.2) is 24.3 Å². The fourth-order valence-electron chi connectivity index (χ4n) is 2.52. The number of alkyl halides is 3. The molecule has 2 atom stereocenters. The number of carboxylic acids is 1. The maximum atomic E-state index is 12.2. The molecular weight excluding hydrogens is 327 g/mol. The maximum absolute atomic E-state index is 12.2. The van der Waals surface area contributed by atoms with Crippen molar-refractivity contribution < 1.29 is 32.6 Å². The van der Waals surface area contributed by atoms with Gasteiger partial charge in [0.15, 0.2) is 0 Å². The Morgan fingerprint density at radius 1 is 1.33 bits per heavy atom. The van der Waals surface area contributed by atoms with Crippen LogP contribution in [0.5, 0.6) is 5.75 Å². The molecule has 0 aromatic heterocycles. The third-order valence-electron chi connectivity index (χ3n) is 4.04. The summed E-state index contributed by atoms with van der Waals surface area (Å²) >= 11 is 0. The number of amides is 1. The van der Waals surface area contributed by atoms with Crippen LogP contribution in [0, 0.1) is 11.3 Å². The molecule has 132 valence electrons. The van der Waals surface area contributed by atoms with E-state index in [0.717, 1.165) is 18.6 Å². The molecule has 0 heterocycles. The van der Waals surface area contributed by atoms with Crippen molar-refractivity contribution in [2.24, 2.45) is 11.3 Å². The van der Waals surface area contributed by atoms with E-state index in [1.54, 1.807) is 0 Å². The Hall–Kier alpha value is -2.25. The van der Waals surface area contributed by atoms with E-state index in [1.807, 2.05) is 13.8 Å². The molecule has 0 bridgehead atoms. The molecule has 2 rings (SSSR count). The third kappa shape index (κ3) is 4.87. The minimum Gasteiger partial charge on any atom is -0.481 e. The van der Waals surface area contributed by atoms with E-state index < -0.39 is 24.1 Å². The Balaban J connectivity index is 2.10. The smallest absolute Gasteiger partial charge is 0.481 e. The zero-order chi connectivity index (χ0) is 18.1. The summed E-state index contributed by atoms with van der Waals surface area (Å²) < 4.78 is 40.2. The lowest BCUT2D eigenvalue weighted by Crippen LogP contribution is -2.32. The van der Waals surface area contributed by atoms with Crippen molar-refractivity contribution in [2.75, 3.05) is 0 Å². The van der Waals surface area contributed by atoms with Crippen molar-refractivity contribution in [2.45, 2.75) is 39.1 Å². The van der Waals surface area contributed by atoms with Gasteiger partial charge in [-0.2, -0.15) is 0 Å². The zero-order valence-electron chi connectivity index (χ0n) is 13.2. The summed E-state index contributed by atoms with van der Waals surface area (Å²) in [7, 11) is 0. The highest BCUT2D eigenvalue weighted by Gasteiger charge is 2.50. The van der Waals surface area contributed by atoms with Gasteiger partial charge in [-0.25, -0.2) is 0 Å². The van der Waals surface area contributed by atoms with Crippen LogP contribution in [0.25, 0.3) is 0 Å². The van der Waals surface area contributed by atoms with Crippen LogP contribution in [-0.4, -0.2) is 23.3 Å². The molecule has 1 amide bonds. The Labute approximate surface area is 136 Å². The highest BCUT2D eigenvalue weighted by Crippen LogP contribution is 2.51. The summed E-state index contributed by atoms with van der Waals surface area (Å²) in [6.07, 6.45) is -4.44. The third-order valence-corrected chi connectivity index (χ3v) is 4.04. The number of carbonyl (C=O) groups is 2. The van der Waals surface area contributed by atoms with Gasteiger partial charge in [0.2, 0.25) is 5.91 Å². The SMILES string of the molecule is CC1(C)CC1C(=O)NC(CC(=O)O)c1ccc(OC(F)(F)F)cc1. The van der Waals surface area contributed by atoms with E-state index in [4.69, 9.17) is 5.11 Å². The van der Waals surface area contributed by atoms with Gasteiger partial charge in [0.25, 0.3) is 0 Å². The molecule has 8 heteroatoms. The summed E-state index contributed by atoms with van der Waals surface area (Å²) in [5.74, 6) is -1.95.